The Bertz CT molecular complexity index is 714. The van der Waals surface area contributed by atoms with Crippen molar-refractivity contribution in [3.63, 3.8) is 0 Å². The van der Waals surface area contributed by atoms with E-state index in [0.29, 0.717) is 12.0 Å². The summed E-state index contributed by atoms with van der Waals surface area (Å²) < 4.78 is 25.5. The fourth-order valence-electron chi connectivity index (χ4n) is 1.73. The quantitative estimate of drug-likeness (QED) is 0.241. The van der Waals surface area contributed by atoms with E-state index < -0.39 is 20.8 Å². The Balaban J connectivity index is 4.70. The summed E-state index contributed by atoms with van der Waals surface area (Å²) in [5.41, 5.74) is 6.09. The zero-order valence-corrected chi connectivity index (χ0v) is 17.1. The molecule has 152 valence electrons. The van der Waals surface area contributed by atoms with E-state index in [-0.39, 0.29) is 24.8 Å². The lowest BCUT2D eigenvalue weighted by molar-refractivity contribution is -0.117. The molecule has 0 aliphatic rings. The largest absolute Gasteiger partial charge is 0.511 e. The van der Waals surface area contributed by atoms with Gasteiger partial charge in [0.2, 0.25) is 10.0 Å². The third-order valence-electron chi connectivity index (χ3n) is 3.46. The van der Waals surface area contributed by atoms with Crippen LogP contribution >= 0.6 is 0 Å². The maximum atomic E-state index is 12.2. The number of amides is 1. The fourth-order valence-corrected chi connectivity index (χ4v) is 2.48. The van der Waals surface area contributed by atoms with Crippen LogP contribution < -0.4 is 15.8 Å². The summed E-state index contributed by atoms with van der Waals surface area (Å²) in [5, 5.41) is 12.3. The molecule has 0 aliphatic carbocycles. The third-order valence-corrected chi connectivity index (χ3v) is 5.62. The van der Waals surface area contributed by atoms with Crippen LogP contribution in [-0.4, -0.2) is 43.3 Å². The third kappa shape index (κ3) is 9.37. The lowest BCUT2D eigenvalue weighted by Crippen LogP contribution is -2.39. The number of nitrogens with one attached hydrogen (secondary N) is 2. The Hall–Kier alpha value is -2.16. The average Bonchev–Trinajstić information content (AvgIpc) is 2.56. The Labute approximate surface area is 162 Å². The molecule has 0 radical (unpaired) electrons. The van der Waals surface area contributed by atoms with Crippen LogP contribution in [0.4, 0.5) is 0 Å². The van der Waals surface area contributed by atoms with E-state index in [1.165, 1.54) is 30.4 Å². The normalized spacial score (nSPS) is 14.8. The highest BCUT2D eigenvalue weighted by Gasteiger charge is 2.27. The highest BCUT2D eigenvalue weighted by atomic mass is 32.2. The zero-order chi connectivity index (χ0) is 21.1. The summed E-state index contributed by atoms with van der Waals surface area (Å²) in [7, 11) is -3.46. The average molecular weight is 398 g/mol. The van der Waals surface area contributed by atoms with Crippen molar-refractivity contribution in [3.05, 3.63) is 60.9 Å². The van der Waals surface area contributed by atoms with E-state index in [1.54, 1.807) is 26.8 Å². The molecule has 0 saturated heterocycles. The minimum atomic E-state index is -3.46. The number of allylic oxidation sites excluding steroid dienone is 4. The van der Waals surface area contributed by atoms with Crippen molar-refractivity contribution in [2.75, 3.05) is 13.1 Å². The molecule has 0 aromatic rings. The molecule has 0 aliphatic heterocycles. The predicted molar refractivity (Wildman–Crippen MR) is 111 cm³/mol. The van der Waals surface area contributed by atoms with Crippen LogP contribution in [0, 0.1) is 0 Å². The van der Waals surface area contributed by atoms with Crippen LogP contribution in [0.1, 0.15) is 27.2 Å². The van der Waals surface area contributed by atoms with Crippen molar-refractivity contribution in [3.8, 4) is 0 Å². The van der Waals surface area contributed by atoms with E-state index in [0.717, 1.165) is 0 Å². The lowest BCUT2D eigenvalue weighted by atomic mass is 10.1. The van der Waals surface area contributed by atoms with Gasteiger partial charge in [-0.25, -0.2) is 13.1 Å². The van der Waals surface area contributed by atoms with Crippen molar-refractivity contribution >= 4 is 15.9 Å². The monoisotopic (exact) mass is 397 g/mol. The lowest BCUT2D eigenvalue weighted by Gasteiger charge is -2.18. The van der Waals surface area contributed by atoms with Crippen LogP contribution in [0.3, 0.4) is 0 Å². The molecule has 0 aromatic heterocycles. The standard InChI is InChI=1S/C19H31N3O4S/c1-6-9-15(11-8-13-22-27(25,26)19(3,4)5)18(24)21-14-12-16(20)17(23)10-7-2/h6-11,16,22-23H,1-2,12-14,20H2,3-5H3,(H,21,24)/b11-8-,15-9+,17-10+. The molecule has 1 unspecified atom stereocenters. The van der Waals surface area contributed by atoms with Gasteiger partial charge in [-0.1, -0.05) is 43.5 Å². The molecule has 0 heterocycles. The van der Waals surface area contributed by atoms with Crippen LogP contribution in [0.2, 0.25) is 0 Å². The first-order chi connectivity index (χ1) is 12.5. The Morgan fingerprint density at radius 3 is 2.33 bits per heavy atom. The van der Waals surface area contributed by atoms with Gasteiger partial charge in [-0.05, 0) is 33.3 Å². The Morgan fingerprint density at radius 2 is 1.81 bits per heavy atom. The van der Waals surface area contributed by atoms with Gasteiger partial charge >= 0.3 is 0 Å². The van der Waals surface area contributed by atoms with Crippen LogP contribution in [0.25, 0.3) is 0 Å². The van der Waals surface area contributed by atoms with E-state index in [1.807, 2.05) is 0 Å². The van der Waals surface area contributed by atoms with E-state index in [2.05, 4.69) is 23.2 Å². The molecule has 8 heteroatoms. The van der Waals surface area contributed by atoms with E-state index in [9.17, 15) is 18.3 Å². The molecular weight excluding hydrogens is 366 g/mol. The second-order valence-electron chi connectivity index (χ2n) is 6.70. The summed E-state index contributed by atoms with van der Waals surface area (Å²) in [5.74, 6) is -0.364. The number of aliphatic hydroxyl groups excluding tert-OH is 1. The maximum Gasteiger partial charge on any atom is 0.251 e. The molecule has 0 saturated carbocycles. The van der Waals surface area contributed by atoms with Gasteiger partial charge in [0, 0.05) is 18.7 Å². The summed E-state index contributed by atoms with van der Waals surface area (Å²) in [6.45, 7) is 12.2. The number of nitrogens with two attached hydrogens (primary N) is 1. The highest BCUT2D eigenvalue weighted by molar-refractivity contribution is 7.90. The Morgan fingerprint density at radius 1 is 1.22 bits per heavy atom. The van der Waals surface area contributed by atoms with Gasteiger partial charge in [-0.3, -0.25) is 4.79 Å². The Kier molecular flexibility index (Phi) is 10.6. The first-order valence-corrected chi connectivity index (χ1v) is 9.98. The maximum absolute atomic E-state index is 12.2. The fraction of sp³-hybridized carbons (Fsp3) is 0.421. The zero-order valence-electron chi connectivity index (χ0n) is 16.2. The van der Waals surface area contributed by atoms with E-state index in [4.69, 9.17) is 5.73 Å². The van der Waals surface area contributed by atoms with Gasteiger partial charge in [0.1, 0.15) is 5.76 Å². The molecular formula is C19H31N3O4S. The molecule has 5 N–H and O–H groups in total. The van der Waals surface area contributed by atoms with E-state index >= 15 is 0 Å². The van der Waals surface area contributed by atoms with Gasteiger partial charge in [0.15, 0.2) is 0 Å². The van der Waals surface area contributed by atoms with Crippen molar-refractivity contribution < 1.29 is 18.3 Å². The van der Waals surface area contributed by atoms with Crippen molar-refractivity contribution in [1.29, 1.82) is 0 Å². The van der Waals surface area contributed by atoms with Gasteiger partial charge in [0.05, 0.1) is 10.8 Å². The summed E-state index contributed by atoms with van der Waals surface area (Å²) >= 11 is 0. The number of hydrogen-bond donors (Lipinski definition) is 4. The minimum absolute atomic E-state index is 0.00728. The van der Waals surface area contributed by atoms with Crippen molar-refractivity contribution in [2.45, 2.75) is 38.0 Å². The first-order valence-electron chi connectivity index (χ1n) is 8.50. The van der Waals surface area contributed by atoms with Gasteiger partial charge < -0.3 is 16.2 Å². The number of rotatable bonds is 11. The molecule has 7 nitrogen and oxygen atoms in total. The van der Waals surface area contributed by atoms with Crippen LogP contribution in [-0.2, 0) is 14.8 Å². The molecule has 0 spiro atoms. The second-order valence-corrected chi connectivity index (χ2v) is 9.22. The summed E-state index contributed by atoms with van der Waals surface area (Å²) in [6, 6.07) is -0.600. The first kappa shape index (κ1) is 24.8. The second kappa shape index (κ2) is 11.5. The topological polar surface area (TPSA) is 122 Å². The predicted octanol–water partition coefficient (Wildman–Crippen LogP) is 1.83. The van der Waals surface area contributed by atoms with Crippen LogP contribution in [0.15, 0.2) is 60.9 Å². The van der Waals surface area contributed by atoms with Crippen molar-refractivity contribution in [2.24, 2.45) is 5.73 Å². The molecule has 1 atom stereocenters. The SMILES string of the molecule is C=C/C=C(\C=C/CNS(=O)(=O)C(C)(C)C)C(=O)NCCC(N)/C(O)=C\C=C. The number of hydrogen-bond acceptors (Lipinski definition) is 5. The van der Waals surface area contributed by atoms with Crippen LogP contribution in [0.5, 0.6) is 0 Å². The number of sulfonamides is 1. The number of aliphatic hydroxyl groups is 1. The number of carbonyl (C=O) groups excluding carboxylic acids is 1. The molecule has 27 heavy (non-hydrogen) atoms. The smallest absolute Gasteiger partial charge is 0.251 e. The van der Waals surface area contributed by atoms with Gasteiger partial charge in [-0.2, -0.15) is 0 Å². The van der Waals surface area contributed by atoms with Crippen molar-refractivity contribution in [1.82, 2.24) is 10.0 Å². The number of carbonyl (C=O) groups is 1. The minimum Gasteiger partial charge on any atom is -0.511 e. The molecule has 0 bridgehead atoms. The molecule has 0 aromatic carbocycles. The van der Waals surface area contributed by atoms with Gasteiger partial charge in [-0.15, -0.1) is 0 Å². The summed E-state index contributed by atoms with van der Waals surface area (Å²) in [4.78, 5) is 12.2. The molecule has 1 amide bonds. The molecule has 0 fully saturated rings. The molecule has 0 rings (SSSR count). The summed E-state index contributed by atoms with van der Waals surface area (Å²) in [6.07, 6.45) is 9.20. The highest BCUT2D eigenvalue weighted by Crippen LogP contribution is 2.12. The van der Waals surface area contributed by atoms with Gasteiger partial charge in [0.25, 0.3) is 5.91 Å².